The fourth-order valence-electron chi connectivity index (χ4n) is 5.99. The van der Waals surface area contributed by atoms with E-state index in [1.54, 1.807) is 7.11 Å². The number of methoxy groups -OCH3 is 1. The molecule has 0 radical (unpaired) electrons. The molecule has 9 heteroatoms. The molecule has 0 bridgehead atoms. The van der Waals surface area contributed by atoms with Gasteiger partial charge < -0.3 is 24.1 Å². The maximum Gasteiger partial charge on any atom is 0.506 e. The van der Waals surface area contributed by atoms with Crippen molar-refractivity contribution in [2.24, 2.45) is 0 Å². The minimum absolute atomic E-state index is 0.0162. The van der Waals surface area contributed by atoms with Gasteiger partial charge in [-0.3, -0.25) is 4.90 Å². The van der Waals surface area contributed by atoms with Crippen molar-refractivity contribution in [3.05, 3.63) is 53.6 Å². The number of ether oxygens (including phenoxy) is 4. The van der Waals surface area contributed by atoms with Crippen LogP contribution in [0.4, 0.5) is 9.59 Å². The molecule has 4 rings (SSSR count). The fraction of sp³-hybridized carbons (Fsp3) is 0.533. The number of hydrogen-bond acceptors (Lipinski definition) is 6. The normalized spacial score (nSPS) is 23.4. The van der Waals surface area contributed by atoms with Gasteiger partial charge in [0.05, 0.1) is 26.1 Å². The first-order valence-electron chi connectivity index (χ1n) is 14.0. The summed E-state index contributed by atoms with van der Waals surface area (Å²) >= 11 is 0. The molecule has 0 saturated carbocycles. The summed E-state index contributed by atoms with van der Waals surface area (Å²) in [7, 11) is 1.60. The molecule has 0 spiro atoms. The van der Waals surface area contributed by atoms with Crippen molar-refractivity contribution in [3.63, 3.8) is 0 Å². The van der Waals surface area contributed by atoms with E-state index in [4.69, 9.17) is 18.9 Å². The van der Waals surface area contributed by atoms with Crippen molar-refractivity contribution in [2.45, 2.75) is 64.5 Å². The molecular formula is C30H41N2O7+. The maximum absolute atomic E-state index is 14.6. The summed E-state index contributed by atoms with van der Waals surface area (Å²) in [6, 6.07) is 12.7. The summed E-state index contributed by atoms with van der Waals surface area (Å²) in [5.41, 5.74) is 1.70. The van der Waals surface area contributed by atoms with Crippen molar-refractivity contribution >= 4 is 12.2 Å². The molecule has 1 saturated heterocycles. The van der Waals surface area contributed by atoms with E-state index in [1.807, 2.05) is 54.3 Å². The molecule has 0 aliphatic carbocycles. The molecule has 2 heterocycles. The van der Waals surface area contributed by atoms with Crippen molar-refractivity contribution in [2.75, 3.05) is 40.1 Å². The Morgan fingerprint density at radius 1 is 0.974 bits per heavy atom. The van der Waals surface area contributed by atoms with Gasteiger partial charge in [-0.05, 0) is 61.7 Å². The minimum Gasteiger partial charge on any atom is -0.497 e. The number of rotatable bonds is 11. The molecule has 2 aliphatic rings. The Hall–Kier alpha value is -3.46. The highest BCUT2D eigenvalue weighted by Gasteiger charge is 2.61. The second-order valence-electron chi connectivity index (χ2n) is 10.3. The van der Waals surface area contributed by atoms with Crippen LogP contribution in [0.3, 0.4) is 0 Å². The van der Waals surface area contributed by atoms with Crippen LogP contribution >= 0.6 is 0 Å². The highest BCUT2D eigenvalue weighted by molar-refractivity contribution is 5.69. The van der Waals surface area contributed by atoms with E-state index < -0.39 is 18.3 Å². The zero-order chi connectivity index (χ0) is 28.0. The van der Waals surface area contributed by atoms with Crippen LogP contribution < -0.4 is 14.2 Å². The van der Waals surface area contributed by atoms with E-state index in [9.17, 15) is 14.7 Å². The van der Waals surface area contributed by atoms with E-state index in [0.29, 0.717) is 43.4 Å². The summed E-state index contributed by atoms with van der Waals surface area (Å²) in [4.78, 5) is 28.7. The van der Waals surface area contributed by atoms with Gasteiger partial charge in [-0.25, -0.2) is 14.1 Å². The zero-order valence-electron chi connectivity index (χ0n) is 23.4. The fourth-order valence-corrected chi connectivity index (χ4v) is 5.99. The number of hydrogen-bond donors (Lipinski definition) is 1. The van der Waals surface area contributed by atoms with Crippen molar-refractivity contribution < 1.29 is 38.1 Å². The first kappa shape index (κ1) is 28.5. The number of carbonyl (C=O) groups excluding carboxylic acids is 1. The van der Waals surface area contributed by atoms with Gasteiger partial charge in [0.1, 0.15) is 5.75 Å². The largest absolute Gasteiger partial charge is 0.506 e. The zero-order valence-corrected chi connectivity index (χ0v) is 23.4. The molecule has 4 atom stereocenters. The monoisotopic (exact) mass is 541 g/mol. The molecule has 2 amide bonds. The van der Waals surface area contributed by atoms with Crippen molar-refractivity contribution in [1.82, 2.24) is 4.90 Å². The van der Waals surface area contributed by atoms with E-state index in [-0.39, 0.29) is 23.2 Å². The molecule has 2 aliphatic heterocycles. The average molecular weight is 542 g/mol. The number of unbranched alkanes of at least 4 members (excludes halogenated alkanes) is 2. The number of benzene rings is 2. The first-order valence-corrected chi connectivity index (χ1v) is 14.0. The topological polar surface area (TPSA) is 94.5 Å². The summed E-state index contributed by atoms with van der Waals surface area (Å²) in [6.45, 7) is 8.62. The standard InChI is InChI=1S/C30H40N2O7/c1-5-8-16-31(17-9-6-2)29(33)32(7-3)19-24(22-12-15-25-26(18-22)38-20-37-25)28(39-30(34)35)27(32)21-10-13-23(36-4)14-11-21/h10-15,18,24,27-28H,5-9,16-17,19-20H2,1-4H3/p+1/t24-,27-,28-,32+/m1/s1. The number of likely N-dealkylation sites (tertiary alicyclic amines) is 1. The maximum atomic E-state index is 14.6. The molecule has 2 aromatic carbocycles. The molecule has 1 N–H and O–H groups in total. The lowest BCUT2D eigenvalue weighted by atomic mass is 9.90. The second kappa shape index (κ2) is 12.6. The van der Waals surface area contributed by atoms with Gasteiger partial charge in [-0.15, -0.1) is 0 Å². The third-order valence-corrected chi connectivity index (χ3v) is 8.06. The average Bonchev–Trinajstić information content (AvgIpc) is 3.55. The predicted octanol–water partition coefficient (Wildman–Crippen LogP) is 6.18. The van der Waals surface area contributed by atoms with E-state index in [1.165, 1.54) is 0 Å². The molecule has 39 heavy (non-hydrogen) atoms. The Bertz CT molecular complexity index is 1130. The van der Waals surface area contributed by atoms with Crippen molar-refractivity contribution in [1.29, 1.82) is 0 Å². The summed E-state index contributed by atoms with van der Waals surface area (Å²) < 4.78 is 22.3. The van der Waals surface area contributed by atoms with E-state index in [2.05, 4.69) is 13.8 Å². The Kier molecular flexibility index (Phi) is 9.22. The number of nitrogens with zero attached hydrogens (tertiary/aromatic N) is 2. The van der Waals surface area contributed by atoms with Gasteiger partial charge >= 0.3 is 12.2 Å². The molecule has 1 fully saturated rings. The smallest absolute Gasteiger partial charge is 0.497 e. The van der Waals surface area contributed by atoms with Crippen LogP contribution in [-0.2, 0) is 4.74 Å². The van der Waals surface area contributed by atoms with Gasteiger partial charge in [0.25, 0.3) is 0 Å². The van der Waals surface area contributed by atoms with Gasteiger partial charge in [0, 0.05) is 18.7 Å². The van der Waals surface area contributed by atoms with Crippen LogP contribution in [0.2, 0.25) is 0 Å². The van der Waals surface area contributed by atoms with Gasteiger partial charge in [0.2, 0.25) is 6.79 Å². The lowest BCUT2D eigenvalue weighted by Gasteiger charge is -2.40. The number of amides is 2. The highest BCUT2D eigenvalue weighted by Crippen LogP contribution is 2.50. The summed E-state index contributed by atoms with van der Waals surface area (Å²) in [6.07, 6.45) is 1.63. The number of fused-ring (bicyclic) bond motifs is 1. The molecular weight excluding hydrogens is 500 g/mol. The van der Waals surface area contributed by atoms with Crippen LogP contribution in [0.25, 0.3) is 0 Å². The Labute approximate surface area is 230 Å². The number of likely N-dealkylation sites (N-methyl/N-ethyl adjacent to an activating group) is 1. The SMILES string of the molecule is CCCCN(CCCC)C(=O)[N@@+]1(CC)C[C@H](c2ccc3c(c2)OCO3)[C@@H](OC(=O)O)[C@H]1c1ccc(OC)cc1. The van der Waals surface area contributed by atoms with E-state index >= 15 is 0 Å². The van der Waals surface area contributed by atoms with Crippen LogP contribution in [-0.4, -0.2) is 72.9 Å². The van der Waals surface area contributed by atoms with Gasteiger partial charge in [-0.2, -0.15) is 0 Å². The lowest BCUT2D eigenvalue weighted by Crippen LogP contribution is -2.59. The highest BCUT2D eigenvalue weighted by atomic mass is 16.7. The van der Waals surface area contributed by atoms with E-state index in [0.717, 1.165) is 36.8 Å². The summed E-state index contributed by atoms with van der Waals surface area (Å²) in [5.74, 6) is 1.58. The quantitative estimate of drug-likeness (QED) is 0.268. The van der Waals surface area contributed by atoms with Crippen molar-refractivity contribution in [3.8, 4) is 17.2 Å². The van der Waals surface area contributed by atoms with Crippen LogP contribution in [0.15, 0.2) is 42.5 Å². The number of carbonyl (C=O) groups is 2. The molecule has 9 nitrogen and oxygen atoms in total. The number of quaternary nitrogens is 1. The Morgan fingerprint density at radius 3 is 2.21 bits per heavy atom. The lowest BCUT2D eigenvalue weighted by molar-refractivity contribution is -0.872. The molecule has 0 aromatic heterocycles. The third-order valence-electron chi connectivity index (χ3n) is 8.06. The first-order chi connectivity index (χ1) is 18.9. The molecule has 2 aromatic rings. The minimum atomic E-state index is -1.36. The number of urea groups is 1. The third kappa shape index (κ3) is 5.78. The summed E-state index contributed by atoms with van der Waals surface area (Å²) in [5, 5.41) is 9.87. The van der Waals surface area contributed by atoms with Gasteiger partial charge in [0.15, 0.2) is 23.6 Å². The van der Waals surface area contributed by atoms with Crippen LogP contribution in [0.5, 0.6) is 17.2 Å². The molecule has 0 unspecified atom stereocenters. The molecule has 212 valence electrons. The number of carboxylic acid groups (broad SMARTS) is 1. The van der Waals surface area contributed by atoms with Gasteiger partial charge in [-0.1, -0.05) is 32.8 Å². The predicted molar refractivity (Wildman–Crippen MR) is 146 cm³/mol. The van der Waals surface area contributed by atoms with Crippen LogP contribution in [0.1, 0.15) is 69.5 Å². The Balaban J connectivity index is 1.85. The Morgan fingerprint density at radius 2 is 1.62 bits per heavy atom. The van der Waals surface area contributed by atoms with Crippen LogP contribution in [0, 0.1) is 0 Å². The second-order valence-corrected chi connectivity index (χ2v) is 10.3.